The molecule has 0 radical (unpaired) electrons. The highest BCUT2D eigenvalue weighted by atomic mass is 16.4. The minimum Gasteiger partial charge on any atom is -0.478 e. The number of nitriles is 3. The zero-order valence-corrected chi connectivity index (χ0v) is 9.01. The second kappa shape index (κ2) is 5.69. The summed E-state index contributed by atoms with van der Waals surface area (Å²) in [6.07, 6.45) is 1.10. The first kappa shape index (κ1) is 12.8. The van der Waals surface area contributed by atoms with Gasteiger partial charge in [-0.3, -0.25) is 0 Å². The van der Waals surface area contributed by atoms with E-state index in [0.29, 0.717) is 0 Å². The lowest BCUT2D eigenvalue weighted by molar-refractivity contribution is 0.0698. The second-order valence-electron chi connectivity index (χ2n) is 3.10. The zero-order valence-electron chi connectivity index (χ0n) is 9.01. The van der Waals surface area contributed by atoms with Crippen molar-refractivity contribution in [2.24, 2.45) is 0 Å². The van der Waals surface area contributed by atoms with E-state index in [1.54, 1.807) is 12.1 Å². The van der Waals surface area contributed by atoms with Gasteiger partial charge in [-0.1, -0.05) is 0 Å². The minimum absolute atomic E-state index is 0.111. The lowest BCUT2D eigenvalue weighted by atomic mass is 10.1. The Morgan fingerprint density at radius 1 is 1.28 bits per heavy atom. The Bertz CT molecular complexity index is 626. The van der Waals surface area contributed by atoms with Crippen LogP contribution in [-0.2, 0) is 0 Å². The van der Waals surface area contributed by atoms with Crippen LogP contribution in [-0.4, -0.2) is 11.1 Å². The van der Waals surface area contributed by atoms with Crippen LogP contribution in [0.25, 0.3) is 0 Å². The molecule has 0 atom stereocenters. The Morgan fingerprint density at radius 3 is 2.44 bits per heavy atom. The fourth-order valence-corrected chi connectivity index (χ4v) is 1.16. The van der Waals surface area contributed by atoms with Gasteiger partial charge in [0, 0.05) is 6.20 Å². The van der Waals surface area contributed by atoms with E-state index in [0.717, 1.165) is 6.20 Å². The summed E-state index contributed by atoms with van der Waals surface area (Å²) < 4.78 is 0. The van der Waals surface area contributed by atoms with Crippen LogP contribution in [0, 0.1) is 34.0 Å². The van der Waals surface area contributed by atoms with Crippen LogP contribution in [0.4, 0.5) is 5.69 Å². The third kappa shape index (κ3) is 2.85. The SMILES string of the molecule is N#CC(C#N)=CNc1ccc(C#N)cc1C(=O)O. The van der Waals surface area contributed by atoms with Crippen molar-refractivity contribution in [2.75, 3.05) is 5.32 Å². The van der Waals surface area contributed by atoms with E-state index in [1.807, 2.05) is 6.07 Å². The Labute approximate surface area is 103 Å². The smallest absolute Gasteiger partial charge is 0.337 e. The van der Waals surface area contributed by atoms with Gasteiger partial charge in [-0.05, 0) is 18.2 Å². The number of carbonyl (C=O) groups is 1. The quantitative estimate of drug-likeness (QED) is 0.771. The van der Waals surface area contributed by atoms with Gasteiger partial charge in [0.1, 0.15) is 17.7 Å². The molecular formula is C12H6N4O2. The molecule has 1 aromatic carbocycles. The fraction of sp³-hybridized carbons (Fsp3) is 0. The monoisotopic (exact) mass is 238 g/mol. The standard InChI is InChI=1S/C12H6N4O2/c13-4-8-1-2-11(10(3-8)12(17)18)16-7-9(5-14)6-15/h1-3,7,16H,(H,17,18). The highest BCUT2D eigenvalue weighted by Gasteiger charge is 2.10. The number of aromatic carboxylic acids is 1. The average molecular weight is 238 g/mol. The van der Waals surface area contributed by atoms with Gasteiger partial charge in [-0.2, -0.15) is 15.8 Å². The van der Waals surface area contributed by atoms with Crippen molar-refractivity contribution >= 4 is 11.7 Å². The van der Waals surface area contributed by atoms with Crippen LogP contribution in [0.3, 0.4) is 0 Å². The summed E-state index contributed by atoms with van der Waals surface area (Å²) in [7, 11) is 0. The van der Waals surface area contributed by atoms with Crippen molar-refractivity contribution in [3.63, 3.8) is 0 Å². The molecule has 0 amide bonds. The third-order valence-electron chi connectivity index (χ3n) is 1.99. The molecule has 1 aromatic rings. The Balaban J connectivity index is 3.16. The first-order chi connectivity index (χ1) is 8.62. The molecule has 0 bridgehead atoms. The molecule has 1 rings (SSSR count). The van der Waals surface area contributed by atoms with E-state index in [4.69, 9.17) is 20.9 Å². The molecule has 0 heterocycles. The summed E-state index contributed by atoms with van der Waals surface area (Å²) >= 11 is 0. The number of anilines is 1. The molecule has 6 nitrogen and oxygen atoms in total. The summed E-state index contributed by atoms with van der Waals surface area (Å²) in [4.78, 5) is 11.0. The number of allylic oxidation sites excluding steroid dienone is 1. The van der Waals surface area contributed by atoms with Gasteiger partial charge in [0.25, 0.3) is 0 Å². The summed E-state index contributed by atoms with van der Waals surface area (Å²) in [6.45, 7) is 0. The van der Waals surface area contributed by atoms with Crippen LogP contribution in [0.1, 0.15) is 15.9 Å². The molecule has 86 valence electrons. The molecule has 0 aliphatic carbocycles. The number of carboxylic acids is 1. The maximum Gasteiger partial charge on any atom is 0.337 e. The Morgan fingerprint density at radius 2 is 1.94 bits per heavy atom. The molecular weight excluding hydrogens is 232 g/mol. The van der Waals surface area contributed by atoms with Crippen LogP contribution >= 0.6 is 0 Å². The zero-order chi connectivity index (χ0) is 13.5. The topological polar surface area (TPSA) is 121 Å². The first-order valence-corrected chi connectivity index (χ1v) is 4.66. The largest absolute Gasteiger partial charge is 0.478 e. The molecule has 0 aliphatic rings. The molecule has 0 spiro atoms. The van der Waals surface area contributed by atoms with E-state index in [-0.39, 0.29) is 22.4 Å². The number of hydrogen-bond acceptors (Lipinski definition) is 5. The van der Waals surface area contributed by atoms with E-state index in [2.05, 4.69) is 5.32 Å². The number of benzene rings is 1. The summed E-state index contributed by atoms with van der Waals surface area (Å²) in [5, 5.41) is 37.2. The van der Waals surface area contributed by atoms with E-state index < -0.39 is 5.97 Å². The van der Waals surface area contributed by atoms with Gasteiger partial charge in [0.2, 0.25) is 0 Å². The normalized spacial score (nSPS) is 8.28. The van der Waals surface area contributed by atoms with Crippen molar-refractivity contribution in [1.82, 2.24) is 0 Å². The number of nitrogens with one attached hydrogen (secondary N) is 1. The van der Waals surface area contributed by atoms with Crippen molar-refractivity contribution < 1.29 is 9.90 Å². The van der Waals surface area contributed by atoms with E-state index in [1.165, 1.54) is 18.2 Å². The first-order valence-electron chi connectivity index (χ1n) is 4.66. The predicted molar refractivity (Wildman–Crippen MR) is 61.0 cm³/mol. The van der Waals surface area contributed by atoms with Crippen molar-refractivity contribution in [1.29, 1.82) is 15.8 Å². The van der Waals surface area contributed by atoms with Gasteiger partial charge in [-0.25, -0.2) is 4.79 Å². The molecule has 0 aromatic heterocycles. The number of hydrogen-bond donors (Lipinski definition) is 2. The molecule has 0 saturated carbocycles. The van der Waals surface area contributed by atoms with Crippen LogP contribution in [0.15, 0.2) is 30.0 Å². The third-order valence-corrected chi connectivity index (χ3v) is 1.99. The minimum atomic E-state index is -1.21. The fourth-order valence-electron chi connectivity index (χ4n) is 1.16. The van der Waals surface area contributed by atoms with Gasteiger partial charge in [0.15, 0.2) is 0 Å². The maximum atomic E-state index is 11.0. The van der Waals surface area contributed by atoms with Gasteiger partial charge < -0.3 is 10.4 Å². The average Bonchev–Trinajstić information content (AvgIpc) is 2.39. The van der Waals surface area contributed by atoms with Gasteiger partial charge in [0.05, 0.1) is 22.9 Å². The Kier molecular flexibility index (Phi) is 4.04. The highest BCUT2D eigenvalue weighted by molar-refractivity contribution is 5.94. The lowest BCUT2D eigenvalue weighted by Crippen LogP contribution is -2.03. The van der Waals surface area contributed by atoms with Crippen LogP contribution in [0.5, 0.6) is 0 Å². The maximum absolute atomic E-state index is 11.0. The van der Waals surface area contributed by atoms with Gasteiger partial charge >= 0.3 is 5.97 Å². The predicted octanol–water partition coefficient (Wildman–Crippen LogP) is 1.60. The second-order valence-corrected chi connectivity index (χ2v) is 3.10. The van der Waals surface area contributed by atoms with E-state index in [9.17, 15) is 4.79 Å². The number of carboxylic acid groups (broad SMARTS) is 1. The van der Waals surface area contributed by atoms with Crippen LogP contribution in [0.2, 0.25) is 0 Å². The van der Waals surface area contributed by atoms with Crippen molar-refractivity contribution in [2.45, 2.75) is 0 Å². The summed E-state index contributed by atoms with van der Waals surface area (Å²) in [5.74, 6) is -1.21. The molecule has 0 unspecified atom stereocenters. The molecule has 18 heavy (non-hydrogen) atoms. The molecule has 2 N–H and O–H groups in total. The van der Waals surface area contributed by atoms with Gasteiger partial charge in [-0.15, -0.1) is 0 Å². The van der Waals surface area contributed by atoms with Crippen molar-refractivity contribution in [3.8, 4) is 18.2 Å². The number of rotatable bonds is 3. The van der Waals surface area contributed by atoms with Crippen LogP contribution < -0.4 is 5.32 Å². The molecule has 0 fully saturated rings. The summed E-state index contributed by atoms with van der Waals surface area (Å²) in [6, 6.07) is 9.12. The van der Waals surface area contributed by atoms with E-state index >= 15 is 0 Å². The summed E-state index contributed by atoms with van der Waals surface area (Å²) in [5.41, 5.74) is 0.114. The Hall–Kier alpha value is -3.30. The number of nitrogens with zero attached hydrogens (tertiary/aromatic N) is 3. The lowest BCUT2D eigenvalue weighted by Gasteiger charge is -2.05. The van der Waals surface area contributed by atoms with Crippen molar-refractivity contribution in [3.05, 3.63) is 41.1 Å². The molecule has 6 heteroatoms. The molecule has 0 aliphatic heterocycles. The molecule has 0 saturated heterocycles. The highest BCUT2D eigenvalue weighted by Crippen LogP contribution is 2.17.